The lowest BCUT2D eigenvalue weighted by Crippen LogP contribution is -2.53. The lowest BCUT2D eigenvalue weighted by molar-refractivity contribution is -0.132. The summed E-state index contributed by atoms with van der Waals surface area (Å²) in [4.78, 5) is 12.6. The summed E-state index contributed by atoms with van der Waals surface area (Å²) in [6.45, 7) is 4.08. The first-order valence-corrected chi connectivity index (χ1v) is 26.6. The van der Waals surface area contributed by atoms with E-state index in [9.17, 15) is 25.2 Å². The Bertz CT molecular complexity index is 852. The maximum Gasteiger partial charge on any atom is 0.249 e. The Morgan fingerprint density at radius 3 is 1.02 bits per heavy atom. The third kappa shape index (κ3) is 42.1. The Morgan fingerprint density at radius 2 is 0.695 bits per heavy atom. The van der Waals surface area contributed by atoms with E-state index in [2.05, 4.69) is 31.3 Å². The fourth-order valence-electron chi connectivity index (χ4n) is 8.53. The number of aliphatic hydroxyl groups excluding tert-OH is 4. The molecule has 0 aliphatic heterocycles. The van der Waals surface area contributed by atoms with Gasteiger partial charge in [0, 0.05) is 0 Å². The summed E-state index contributed by atoms with van der Waals surface area (Å²) in [6.07, 6.45) is 55.5. The molecule has 0 aliphatic carbocycles. The largest absolute Gasteiger partial charge is 0.394 e. The van der Waals surface area contributed by atoms with E-state index in [1.807, 2.05) is 0 Å². The second kappa shape index (κ2) is 48.1. The zero-order chi connectivity index (χ0) is 43.1. The molecule has 0 spiro atoms. The van der Waals surface area contributed by atoms with Crippen LogP contribution in [0.2, 0.25) is 0 Å². The van der Waals surface area contributed by atoms with E-state index < -0.39 is 36.9 Å². The lowest BCUT2D eigenvalue weighted by atomic mass is 10.00. The summed E-state index contributed by atoms with van der Waals surface area (Å²) < 4.78 is 0. The second-order valence-electron chi connectivity index (χ2n) is 18.6. The topological polar surface area (TPSA) is 110 Å². The highest BCUT2D eigenvalue weighted by molar-refractivity contribution is 5.80. The van der Waals surface area contributed by atoms with E-state index in [1.165, 1.54) is 225 Å². The normalized spacial score (nSPS) is 13.9. The van der Waals surface area contributed by atoms with Crippen molar-refractivity contribution in [1.29, 1.82) is 0 Å². The molecule has 0 fully saturated rings. The molecule has 0 saturated carbocycles. The molecule has 0 aromatic rings. The van der Waals surface area contributed by atoms with E-state index in [0.29, 0.717) is 12.8 Å². The number of allylic oxidation sites excluding steroid dienone is 2. The van der Waals surface area contributed by atoms with Crippen LogP contribution >= 0.6 is 0 Å². The molecule has 0 rings (SSSR count). The Labute approximate surface area is 368 Å². The Morgan fingerprint density at radius 1 is 0.407 bits per heavy atom. The highest BCUT2D eigenvalue weighted by atomic mass is 16.3. The van der Waals surface area contributed by atoms with E-state index in [0.717, 1.165) is 38.5 Å². The van der Waals surface area contributed by atoms with E-state index >= 15 is 0 Å². The molecule has 0 heterocycles. The number of unbranched alkanes of at least 4 members (excludes halogenated alkanes) is 38. The molecule has 4 unspecified atom stereocenters. The van der Waals surface area contributed by atoms with Gasteiger partial charge in [0.1, 0.15) is 12.2 Å². The minimum Gasteiger partial charge on any atom is -0.394 e. The highest BCUT2D eigenvalue weighted by Gasteiger charge is 2.28. The Balaban J connectivity index is 3.65. The number of amides is 1. The first-order valence-electron chi connectivity index (χ1n) is 26.6. The van der Waals surface area contributed by atoms with Crippen LogP contribution in [0.25, 0.3) is 0 Å². The predicted octanol–water partition coefficient (Wildman–Crippen LogP) is 14.9. The maximum absolute atomic E-state index is 12.6. The van der Waals surface area contributed by atoms with Gasteiger partial charge >= 0.3 is 0 Å². The average Bonchev–Trinajstić information content (AvgIpc) is 3.24. The minimum absolute atomic E-state index is 0.369. The molecule has 0 aromatic heterocycles. The van der Waals surface area contributed by atoms with Crippen molar-refractivity contribution in [2.75, 3.05) is 6.61 Å². The molecule has 0 bridgehead atoms. The van der Waals surface area contributed by atoms with Gasteiger partial charge in [-0.05, 0) is 38.5 Å². The average molecular weight is 836 g/mol. The van der Waals surface area contributed by atoms with Crippen molar-refractivity contribution in [3.8, 4) is 0 Å². The molecule has 1 amide bonds. The van der Waals surface area contributed by atoms with Gasteiger partial charge in [0.2, 0.25) is 5.91 Å². The van der Waals surface area contributed by atoms with E-state index in [-0.39, 0.29) is 0 Å². The molecule has 352 valence electrons. The van der Waals surface area contributed by atoms with Crippen molar-refractivity contribution in [3.63, 3.8) is 0 Å². The lowest BCUT2D eigenvalue weighted by Gasteiger charge is -2.27. The Hall–Kier alpha value is -0.950. The Kier molecular flexibility index (Phi) is 47.3. The quantitative estimate of drug-likeness (QED) is 0.0310. The fraction of sp³-hybridized carbons (Fsp3) is 0.943. The molecule has 0 aromatic carbocycles. The number of aliphatic hydroxyl groups is 4. The number of hydrogen-bond donors (Lipinski definition) is 5. The van der Waals surface area contributed by atoms with Gasteiger partial charge in [-0.2, -0.15) is 0 Å². The summed E-state index contributed by atoms with van der Waals surface area (Å²) in [7, 11) is 0. The van der Waals surface area contributed by atoms with Gasteiger partial charge in [-0.3, -0.25) is 4.79 Å². The van der Waals surface area contributed by atoms with Crippen molar-refractivity contribution in [3.05, 3.63) is 12.2 Å². The number of nitrogens with one attached hydrogen (secondary N) is 1. The van der Waals surface area contributed by atoms with Gasteiger partial charge in [-0.1, -0.05) is 264 Å². The first kappa shape index (κ1) is 58.0. The van der Waals surface area contributed by atoms with Gasteiger partial charge in [-0.15, -0.1) is 0 Å². The highest BCUT2D eigenvalue weighted by Crippen LogP contribution is 2.18. The van der Waals surface area contributed by atoms with Crippen molar-refractivity contribution < 1.29 is 25.2 Å². The van der Waals surface area contributed by atoms with Crippen molar-refractivity contribution in [2.45, 2.75) is 314 Å². The number of carbonyl (C=O) groups excluding carboxylic acids is 1. The van der Waals surface area contributed by atoms with Gasteiger partial charge in [0.25, 0.3) is 0 Å². The van der Waals surface area contributed by atoms with Crippen molar-refractivity contribution >= 4 is 5.91 Å². The number of carbonyl (C=O) groups is 1. The van der Waals surface area contributed by atoms with Crippen LogP contribution in [0.3, 0.4) is 0 Å². The van der Waals surface area contributed by atoms with Crippen LogP contribution in [-0.4, -0.2) is 57.3 Å². The van der Waals surface area contributed by atoms with Crippen molar-refractivity contribution in [2.24, 2.45) is 0 Å². The zero-order valence-corrected chi connectivity index (χ0v) is 39.8. The third-order valence-corrected chi connectivity index (χ3v) is 12.7. The smallest absolute Gasteiger partial charge is 0.249 e. The first-order chi connectivity index (χ1) is 29.0. The van der Waals surface area contributed by atoms with Gasteiger partial charge < -0.3 is 25.7 Å². The molecule has 4 atom stereocenters. The van der Waals surface area contributed by atoms with Crippen LogP contribution in [-0.2, 0) is 4.79 Å². The van der Waals surface area contributed by atoms with Gasteiger partial charge in [-0.25, -0.2) is 0 Å². The molecular weight excluding hydrogens is 731 g/mol. The summed E-state index contributed by atoms with van der Waals surface area (Å²) in [6, 6.07) is -0.998. The third-order valence-electron chi connectivity index (χ3n) is 12.7. The van der Waals surface area contributed by atoms with Crippen molar-refractivity contribution in [1.82, 2.24) is 5.32 Å². The van der Waals surface area contributed by atoms with Crippen LogP contribution in [0, 0.1) is 0 Å². The summed E-state index contributed by atoms with van der Waals surface area (Å²) >= 11 is 0. The molecule has 6 nitrogen and oxygen atoms in total. The molecule has 59 heavy (non-hydrogen) atoms. The molecule has 0 aliphatic rings. The molecule has 5 N–H and O–H groups in total. The SMILES string of the molecule is CCCCCCCCCCCCCCCCC/C=C/CCCC(O)C(O)C(CO)NC(=O)C(O)CCCCCCCCCCCCCCCCCCCCCCCCC. The second-order valence-corrected chi connectivity index (χ2v) is 18.6. The standard InChI is InChI=1S/C53H105NO5/c1-3-5-7-9-11-13-15-17-19-21-23-25-26-27-29-31-33-35-37-39-41-43-45-47-51(57)53(59)54-49(48-55)52(58)50(56)46-44-42-40-38-36-34-32-30-28-24-22-20-18-16-14-12-10-8-6-4-2/h38,40,49-52,55-58H,3-37,39,41-48H2,1-2H3,(H,54,59)/b40-38+. The van der Waals surface area contributed by atoms with E-state index in [4.69, 9.17) is 0 Å². The predicted molar refractivity (Wildman–Crippen MR) is 256 cm³/mol. The minimum atomic E-state index is -1.28. The van der Waals surface area contributed by atoms with E-state index in [1.54, 1.807) is 0 Å². The summed E-state index contributed by atoms with van der Waals surface area (Å²) in [5.74, 6) is -0.587. The maximum atomic E-state index is 12.6. The molecular formula is C53H105NO5. The van der Waals surface area contributed by atoms with Crippen LogP contribution in [0.15, 0.2) is 12.2 Å². The zero-order valence-electron chi connectivity index (χ0n) is 39.8. The monoisotopic (exact) mass is 836 g/mol. The van der Waals surface area contributed by atoms with Gasteiger partial charge in [0.05, 0.1) is 18.8 Å². The number of rotatable bonds is 49. The molecule has 0 radical (unpaired) electrons. The van der Waals surface area contributed by atoms with Crippen LogP contribution < -0.4 is 5.32 Å². The van der Waals surface area contributed by atoms with Crippen LogP contribution in [0.1, 0.15) is 290 Å². The number of hydrogen-bond acceptors (Lipinski definition) is 5. The molecule has 6 heteroatoms. The van der Waals surface area contributed by atoms with Gasteiger partial charge in [0.15, 0.2) is 0 Å². The van der Waals surface area contributed by atoms with Crippen LogP contribution in [0.5, 0.6) is 0 Å². The summed E-state index contributed by atoms with van der Waals surface area (Å²) in [5, 5.41) is 43.9. The molecule has 0 saturated heterocycles. The fourth-order valence-corrected chi connectivity index (χ4v) is 8.53. The summed E-state index contributed by atoms with van der Waals surface area (Å²) in [5.41, 5.74) is 0. The van der Waals surface area contributed by atoms with Crippen LogP contribution in [0.4, 0.5) is 0 Å².